The molecule has 3 N–H and O–H groups in total. The molecule has 8 nitrogen and oxygen atoms in total. The Bertz CT molecular complexity index is 1240. The third-order valence-electron chi connectivity index (χ3n) is 7.08. The van der Waals surface area contributed by atoms with Gasteiger partial charge in [-0.15, -0.1) is 0 Å². The fraction of sp³-hybridized carbons (Fsp3) is 0.462. The standard InChI is InChI=1S/C26H33N7O/c1-16(2)32-9-7-26(34,8-10-32)24-12-23(30-25(27)31-24)20-5-6-22-21(20)11-18(13-28-22)19-14-29-33(15-19)17(3)4/h5,11-17,34H,6-10H2,1-4H3,(H2,27,30,31). The van der Waals surface area contributed by atoms with Gasteiger partial charge >= 0.3 is 0 Å². The Morgan fingerprint density at radius 2 is 1.76 bits per heavy atom. The minimum absolute atomic E-state index is 0.184. The third kappa shape index (κ3) is 4.12. The largest absolute Gasteiger partial charge is 0.383 e. The fourth-order valence-corrected chi connectivity index (χ4v) is 4.88. The highest BCUT2D eigenvalue weighted by Crippen LogP contribution is 2.37. The van der Waals surface area contributed by atoms with Gasteiger partial charge in [0.05, 0.1) is 23.3 Å². The molecule has 0 spiro atoms. The van der Waals surface area contributed by atoms with Crippen molar-refractivity contribution in [1.82, 2.24) is 29.6 Å². The summed E-state index contributed by atoms with van der Waals surface area (Å²) in [7, 11) is 0. The molecule has 4 heterocycles. The first-order valence-corrected chi connectivity index (χ1v) is 12.1. The van der Waals surface area contributed by atoms with Crippen LogP contribution in [-0.2, 0) is 12.0 Å². The van der Waals surface area contributed by atoms with E-state index in [0.29, 0.717) is 30.6 Å². The van der Waals surface area contributed by atoms with Crippen molar-refractivity contribution in [3.63, 3.8) is 0 Å². The van der Waals surface area contributed by atoms with Gasteiger partial charge in [0.15, 0.2) is 0 Å². The zero-order chi connectivity index (χ0) is 24.0. The maximum absolute atomic E-state index is 11.5. The number of fused-ring (bicyclic) bond motifs is 1. The molecule has 8 heteroatoms. The molecule has 0 bridgehead atoms. The van der Waals surface area contributed by atoms with Gasteiger partial charge in [0, 0.05) is 66.3 Å². The van der Waals surface area contributed by atoms with Crippen LogP contribution in [0.1, 0.15) is 69.2 Å². The van der Waals surface area contributed by atoms with Crippen LogP contribution in [-0.4, -0.2) is 53.9 Å². The first-order valence-electron chi connectivity index (χ1n) is 12.1. The molecule has 1 aliphatic carbocycles. The van der Waals surface area contributed by atoms with Crippen LogP contribution in [0.5, 0.6) is 0 Å². The topological polar surface area (TPSA) is 106 Å². The number of piperidine rings is 1. The normalized spacial score (nSPS) is 17.9. The van der Waals surface area contributed by atoms with Gasteiger partial charge in [-0.3, -0.25) is 9.67 Å². The number of hydrogen-bond acceptors (Lipinski definition) is 7. The lowest BCUT2D eigenvalue weighted by atomic mass is 9.86. The van der Waals surface area contributed by atoms with E-state index >= 15 is 0 Å². The highest BCUT2D eigenvalue weighted by Gasteiger charge is 2.37. The van der Waals surface area contributed by atoms with E-state index < -0.39 is 5.60 Å². The summed E-state index contributed by atoms with van der Waals surface area (Å²) in [5, 5.41) is 15.9. The van der Waals surface area contributed by atoms with E-state index in [0.717, 1.165) is 53.2 Å². The number of nitrogens with zero attached hydrogens (tertiary/aromatic N) is 6. The van der Waals surface area contributed by atoms with Crippen LogP contribution in [0.25, 0.3) is 16.7 Å². The van der Waals surface area contributed by atoms with Crippen molar-refractivity contribution in [2.75, 3.05) is 18.8 Å². The lowest BCUT2D eigenvalue weighted by Gasteiger charge is -2.39. The maximum atomic E-state index is 11.5. The number of rotatable bonds is 5. The van der Waals surface area contributed by atoms with Crippen molar-refractivity contribution in [1.29, 1.82) is 0 Å². The van der Waals surface area contributed by atoms with Crippen molar-refractivity contribution in [3.8, 4) is 11.1 Å². The van der Waals surface area contributed by atoms with Crippen LogP contribution < -0.4 is 5.73 Å². The number of aliphatic hydroxyl groups is 1. The molecule has 0 saturated carbocycles. The highest BCUT2D eigenvalue weighted by molar-refractivity contribution is 5.84. The summed E-state index contributed by atoms with van der Waals surface area (Å²) in [4.78, 5) is 16.1. The molecule has 2 aliphatic rings. The predicted molar refractivity (Wildman–Crippen MR) is 133 cm³/mol. The van der Waals surface area contributed by atoms with E-state index in [1.807, 2.05) is 29.3 Å². The zero-order valence-electron chi connectivity index (χ0n) is 20.4. The number of aromatic nitrogens is 5. The van der Waals surface area contributed by atoms with E-state index in [4.69, 9.17) is 10.7 Å². The predicted octanol–water partition coefficient (Wildman–Crippen LogP) is 3.58. The van der Waals surface area contributed by atoms with E-state index in [2.05, 4.69) is 59.8 Å². The van der Waals surface area contributed by atoms with Crippen molar-refractivity contribution in [2.24, 2.45) is 0 Å². The number of hydrogen-bond donors (Lipinski definition) is 2. The molecule has 3 aromatic heterocycles. The van der Waals surface area contributed by atoms with E-state index in [1.165, 1.54) is 0 Å². The first-order chi connectivity index (χ1) is 16.2. The summed E-state index contributed by atoms with van der Waals surface area (Å²) >= 11 is 0. The molecule has 178 valence electrons. The Balaban J connectivity index is 1.47. The lowest BCUT2D eigenvalue weighted by molar-refractivity contribution is -0.0356. The van der Waals surface area contributed by atoms with Crippen molar-refractivity contribution in [3.05, 3.63) is 59.4 Å². The van der Waals surface area contributed by atoms with Crippen molar-refractivity contribution >= 4 is 11.5 Å². The lowest BCUT2D eigenvalue weighted by Crippen LogP contribution is -2.45. The maximum Gasteiger partial charge on any atom is 0.220 e. The number of allylic oxidation sites excluding steroid dienone is 1. The summed E-state index contributed by atoms with van der Waals surface area (Å²) in [5.41, 5.74) is 11.6. The molecule has 0 atom stereocenters. The van der Waals surface area contributed by atoms with Gasteiger partial charge in [-0.1, -0.05) is 6.08 Å². The number of anilines is 1. The van der Waals surface area contributed by atoms with Gasteiger partial charge in [-0.25, -0.2) is 9.97 Å². The second-order valence-corrected chi connectivity index (χ2v) is 10.0. The van der Waals surface area contributed by atoms with Crippen LogP contribution in [0, 0.1) is 0 Å². The van der Waals surface area contributed by atoms with E-state index in [-0.39, 0.29) is 5.95 Å². The Kier molecular flexibility index (Phi) is 5.73. The minimum atomic E-state index is -0.995. The molecule has 34 heavy (non-hydrogen) atoms. The number of pyridine rings is 1. The zero-order valence-corrected chi connectivity index (χ0v) is 20.4. The highest BCUT2D eigenvalue weighted by atomic mass is 16.3. The molecule has 3 aromatic rings. The molecule has 1 fully saturated rings. The van der Waals surface area contributed by atoms with Crippen LogP contribution in [0.15, 0.2) is 36.8 Å². The van der Waals surface area contributed by atoms with Crippen LogP contribution >= 0.6 is 0 Å². The van der Waals surface area contributed by atoms with E-state index in [9.17, 15) is 5.11 Å². The van der Waals surface area contributed by atoms with Gasteiger partial charge in [0.2, 0.25) is 5.95 Å². The molecule has 1 aliphatic heterocycles. The molecule has 0 radical (unpaired) electrons. The summed E-state index contributed by atoms with van der Waals surface area (Å²) in [6.45, 7) is 10.2. The molecule has 0 unspecified atom stereocenters. The average Bonchev–Trinajstić information content (AvgIpc) is 3.46. The number of nitrogen functional groups attached to an aromatic ring is 1. The van der Waals surface area contributed by atoms with Gasteiger partial charge in [-0.2, -0.15) is 5.10 Å². The van der Waals surface area contributed by atoms with Gasteiger partial charge in [0.1, 0.15) is 5.60 Å². The Hall–Kier alpha value is -3.10. The molecule has 5 rings (SSSR count). The summed E-state index contributed by atoms with van der Waals surface area (Å²) in [6, 6.07) is 4.82. The number of likely N-dealkylation sites (tertiary alicyclic amines) is 1. The number of nitrogens with two attached hydrogens (primary N) is 1. The molecule has 0 aromatic carbocycles. The van der Waals surface area contributed by atoms with Crippen LogP contribution in [0.2, 0.25) is 0 Å². The van der Waals surface area contributed by atoms with E-state index in [1.54, 1.807) is 0 Å². The van der Waals surface area contributed by atoms with Crippen molar-refractivity contribution < 1.29 is 5.11 Å². The summed E-state index contributed by atoms with van der Waals surface area (Å²) in [6.07, 6.45) is 9.96. The first kappa shape index (κ1) is 22.7. The Morgan fingerprint density at radius 3 is 2.44 bits per heavy atom. The van der Waals surface area contributed by atoms with Crippen LogP contribution in [0.3, 0.4) is 0 Å². The second-order valence-electron chi connectivity index (χ2n) is 10.0. The molecular weight excluding hydrogens is 426 g/mol. The average molecular weight is 460 g/mol. The van der Waals surface area contributed by atoms with Crippen molar-refractivity contribution in [2.45, 2.75) is 64.6 Å². The van der Waals surface area contributed by atoms with Crippen LogP contribution in [0.4, 0.5) is 5.95 Å². The van der Waals surface area contributed by atoms with Gasteiger partial charge in [0.25, 0.3) is 0 Å². The molecular formula is C26H33N7O. The summed E-state index contributed by atoms with van der Waals surface area (Å²) < 4.78 is 1.95. The minimum Gasteiger partial charge on any atom is -0.383 e. The third-order valence-corrected chi connectivity index (χ3v) is 7.08. The quantitative estimate of drug-likeness (QED) is 0.601. The Morgan fingerprint density at radius 1 is 1.00 bits per heavy atom. The summed E-state index contributed by atoms with van der Waals surface area (Å²) in [5.74, 6) is 0.184. The molecule has 0 amide bonds. The second kappa shape index (κ2) is 8.60. The smallest absolute Gasteiger partial charge is 0.220 e. The van der Waals surface area contributed by atoms with Gasteiger partial charge in [-0.05, 0) is 52.7 Å². The molecule has 1 saturated heterocycles. The van der Waals surface area contributed by atoms with Gasteiger partial charge < -0.3 is 15.7 Å². The monoisotopic (exact) mass is 459 g/mol. The fourth-order valence-electron chi connectivity index (χ4n) is 4.88. The Labute approximate surface area is 200 Å². The SMILES string of the molecule is CC(C)N1CCC(O)(c2cc(C3=CCc4ncc(-c5cnn(C(C)C)c5)cc43)nc(N)n2)CC1.